The molecule has 0 aliphatic heterocycles. The summed E-state index contributed by atoms with van der Waals surface area (Å²) in [5, 5.41) is 12.0. The lowest BCUT2D eigenvalue weighted by Gasteiger charge is -2.06. The summed E-state index contributed by atoms with van der Waals surface area (Å²) in [5.41, 5.74) is 0.941. The fourth-order valence-corrected chi connectivity index (χ4v) is 1.23. The van der Waals surface area contributed by atoms with Crippen LogP contribution in [0.2, 0.25) is 5.02 Å². The molecule has 0 unspecified atom stereocenters. The lowest BCUT2D eigenvalue weighted by atomic mass is 10.2. The largest absolute Gasteiger partial charge is 0.497 e. The van der Waals surface area contributed by atoms with Gasteiger partial charge in [-0.1, -0.05) is 17.7 Å². The number of aliphatic hydroxyl groups excluding tert-OH is 1. The van der Waals surface area contributed by atoms with E-state index in [1.807, 2.05) is 12.1 Å². The third-order valence-electron chi connectivity index (χ3n) is 1.69. The van der Waals surface area contributed by atoms with Crippen LogP contribution in [-0.4, -0.2) is 18.9 Å². The molecule has 0 heterocycles. The lowest BCUT2D eigenvalue weighted by Crippen LogP contribution is -2.13. The highest BCUT2D eigenvalue weighted by Crippen LogP contribution is 2.21. The van der Waals surface area contributed by atoms with Crippen LogP contribution in [0.4, 0.5) is 0 Å². The molecule has 13 heavy (non-hydrogen) atoms. The zero-order chi connectivity index (χ0) is 9.68. The molecule has 0 saturated heterocycles. The van der Waals surface area contributed by atoms with Crippen LogP contribution in [0.15, 0.2) is 18.2 Å². The summed E-state index contributed by atoms with van der Waals surface area (Å²) in [6.45, 7) is 0.502. The van der Waals surface area contributed by atoms with Crippen molar-refractivity contribution in [3.05, 3.63) is 28.8 Å². The van der Waals surface area contributed by atoms with E-state index in [1.54, 1.807) is 13.2 Å². The zero-order valence-corrected chi connectivity index (χ0v) is 8.14. The molecule has 1 rings (SSSR count). The van der Waals surface area contributed by atoms with Gasteiger partial charge in [-0.25, -0.2) is 0 Å². The summed E-state index contributed by atoms with van der Waals surface area (Å²) in [6, 6.07) is 5.44. The second-order valence-corrected chi connectivity index (χ2v) is 2.95. The van der Waals surface area contributed by atoms with Crippen molar-refractivity contribution in [3.63, 3.8) is 0 Å². The van der Waals surface area contributed by atoms with Crippen molar-refractivity contribution in [2.24, 2.45) is 0 Å². The monoisotopic (exact) mass is 201 g/mol. The molecule has 0 atom stereocenters. The molecule has 0 aliphatic carbocycles. The van der Waals surface area contributed by atoms with Crippen molar-refractivity contribution in [1.29, 1.82) is 0 Å². The minimum absolute atomic E-state index is 0.0532. The average molecular weight is 202 g/mol. The summed E-state index contributed by atoms with van der Waals surface area (Å²) < 4.78 is 5.00. The number of halogens is 1. The molecule has 0 aromatic heterocycles. The van der Waals surface area contributed by atoms with Crippen LogP contribution in [0, 0.1) is 0 Å². The van der Waals surface area contributed by atoms with E-state index < -0.39 is 0 Å². The summed E-state index contributed by atoms with van der Waals surface area (Å²) in [5.74, 6) is 0.734. The highest BCUT2D eigenvalue weighted by atomic mass is 35.5. The van der Waals surface area contributed by atoms with Gasteiger partial charge in [0.15, 0.2) is 0 Å². The van der Waals surface area contributed by atoms with Crippen LogP contribution < -0.4 is 10.1 Å². The fourth-order valence-electron chi connectivity index (χ4n) is 0.989. The molecule has 0 spiro atoms. The molecule has 2 N–H and O–H groups in total. The van der Waals surface area contributed by atoms with E-state index in [9.17, 15) is 0 Å². The summed E-state index contributed by atoms with van der Waals surface area (Å²) in [4.78, 5) is 0. The molecule has 4 heteroatoms. The predicted octanol–water partition coefficient (Wildman–Crippen LogP) is 1.39. The predicted molar refractivity (Wildman–Crippen MR) is 51.9 cm³/mol. The molecule has 0 radical (unpaired) electrons. The standard InChI is InChI=1S/C9H12ClNO2/c1-13-8-3-2-7(5-11-6-12)9(10)4-8/h2-4,11-12H,5-6H2,1H3. The van der Waals surface area contributed by atoms with Crippen LogP contribution in [0.25, 0.3) is 0 Å². The maximum absolute atomic E-state index is 8.54. The van der Waals surface area contributed by atoms with E-state index >= 15 is 0 Å². The lowest BCUT2D eigenvalue weighted by molar-refractivity contribution is 0.259. The number of rotatable bonds is 4. The van der Waals surface area contributed by atoms with Gasteiger partial charge in [0, 0.05) is 11.6 Å². The van der Waals surface area contributed by atoms with E-state index in [2.05, 4.69) is 5.32 Å². The maximum Gasteiger partial charge on any atom is 0.120 e. The minimum Gasteiger partial charge on any atom is -0.497 e. The third-order valence-corrected chi connectivity index (χ3v) is 2.04. The minimum atomic E-state index is -0.0532. The normalized spacial score (nSPS) is 10.1. The van der Waals surface area contributed by atoms with E-state index in [-0.39, 0.29) is 6.73 Å². The number of methoxy groups -OCH3 is 1. The molecule has 0 amide bonds. The molecular formula is C9H12ClNO2. The van der Waals surface area contributed by atoms with E-state index in [0.717, 1.165) is 11.3 Å². The van der Waals surface area contributed by atoms with Gasteiger partial charge in [0.05, 0.1) is 13.8 Å². The van der Waals surface area contributed by atoms with Crippen LogP contribution in [0.3, 0.4) is 0 Å². The van der Waals surface area contributed by atoms with Gasteiger partial charge in [-0.2, -0.15) is 0 Å². The first-order valence-electron chi connectivity index (χ1n) is 3.92. The summed E-state index contributed by atoms with van der Waals surface area (Å²) in [6.07, 6.45) is 0. The molecule has 72 valence electrons. The second-order valence-electron chi connectivity index (χ2n) is 2.54. The Balaban J connectivity index is 2.73. The quantitative estimate of drug-likeness (QED) is 0.724. The highest BCUT2D eigenvalue weighted by Gasteiger charge is 2.00. The summed E-state index contributed by atoms with van der Waals surface area (Å²) >= 11 is 5.94. The first-order valence-corrected chi connectivity index (χ1v) is 4.29. The molecule has 0 fully saturated rings. The van der Waals surface area contributed by atoms with Gasteiger partial charge in [0.25, 0.3) is 0 Å². The van der Waals surface area contributed by atoms with Gasteiger partial charge >= 0.3 is 0 Å². The molecule has 1 aromatic rings. The average Bonchev–Trinajstić information content (AvgIpc) is 2.16. The number of ether oxygens (including phenoxy) is 1. The number of benzene rings is 1. The van der Waals surface area contributed by atoms with Crippen molar-refractivity contribution in [1.82, 2.24) is 5.32 Å². The number of hydrogen-bond donors (Lipinski definition) is 2. The Morgan fingerprint density at radius 2 is 2.31 bits per heavy atom. The molecular weight excluding hydrogens is 190 g/mol. The Morgan fingerprint density at radius 3 is 2.85 bits per heavy atom. The summed E-state index contributed by atoms with van der Waals surface area (Å²) in [7, 11) is 1.59. The first kappa shape index (κ1) is 10.3. The smallest absolute Gasteiger partial charge is 0.120 e. The SMILES string of the molecule is COc1ccc(CNCO)c(Cl)c1. The number of hydrogen-bond acceptors (Lipinski definition) is 3. The topological polar surface area (TPSA) is 41.5 Å². The molecule has 0 saturated carbocycles. The Kier molecular flexibility index (Phi) is 4.02. The van der Waals surface area contributed by atoms with E-state index in [0.29, 0.717) is 11.6 Å². The fraction of sp³-hybridized carbons (Fsp3) is 0.333. The highest BCUT2D eigenvalue weighted by molar-refractivity contribution is 6.31. The number of aliphatic hydroxyl groups is 1. The Morgan fingerprint density at radius 1 is 1.54 bits per heavy atom. The Labute approximate surface area is 82.3 Å². The Bertz CT molecular complexity index is 278. The zero-order valence-electron chi connectivity index (χ0n) is 7.38. The molecule has 1 aromatic carbocycles. The molecule has 0 aliphatic rings. The van der Waals surface area contributed by atoms with E-state index in [1.165, 1.54) is 0 Å². The van der Waals surface area contributed by atoms with Gasteiger partial charge in [0.2, 0.25) is 0 Å². The van der Waals surface area contributed by atoms with Gasteiger partial charge in [-0.05, 0) is 17.7 Å². The van der Waals surface area contributed by atoms with Gasteiger partial charge in [-0.15, -0.1) is 0 Å². The van der Waals surface area contributed by atoms with Crippen molar-refractivity contribution in [2.75, 3.05) is 13.8 Å². The van der Waals surface area contributed by atoms with Crippen LogP contribution >= 0.6 is 11.6 Å². The van der Waals surface area contributed by atoms with Gasteiger partial charge in [0.1, 0.15) is 5.75 Å². The van der Waals surface area contributed by atoms with Crippen LogP contribution in [0.5, 0.6) is 5.75 Å². The van der Waals surface area contributed by atoms with Crippen LogP contribution in [0.1, 0.15) is 5.56 Å². The second kappa shape index (κ2) is 5.07. The van der Waals surface area contributed by atoms with E-state index in [4.69, 9.17) is 21.4 Å². The van der Waals surface area contributed by atoms with Gasteiger partial charge in [-0.3, -0.25) is 5.32 Å². The van der Waals surface area contributed by atoms with Crippen molar-refractivity contribution >= 4 is 11.6 Å². The maximum atomic E-state index is 8.54. The Hall–Kier alpha value is -0.770. The van der Waals surface area contributed by atoms with Crippen LogP contribution in [-0.2, 0) is 6.54 Å². The van der Waals surface area contributed by atoms with Gasteiger partial charge < -0.3 is 9.84 Å². The first-order chi connectivity index (χ1) is 6.27. The molecule has 0 bridgehead atoms. The molecule has 3 nitrogen and oxygen atoms in total. The van der Waals surface area contributed by atoms with Crippen molar-refractivity contribution in [2.45, 2.75) is 6.54 Å². The number of nitrogens with one attached hydrogen (secondary N) is 1. The van der Waals surface area contributed by atoms with Crippen molar-refractivity contribution in [3.8, 4) is 5.75 Å². The van der Waals surface area contributed by atoms with Crippen molar-refractivity contribution < 1.29 is 9.84 Å². The third kappa shape index (κ3) is 2.88.